The molecule has 128 valence electrons. The molecule has 0 saturated heterocycles. The van der Waals surface area contributed by atoms with Crippen LogP contribution in [0.15, 0.2) is 0 Å². The van der Waals surface area contributed by atoms with E-state index in [-0.39, 0.29) is 6.04 Å². The second-order valence-corrected chi connectivity index (χ2v) is 6.97. The van der Waals surface area contributed by atoms with Crippen LogP contribution in [0.1, 0.15) is 59.3 Å². The molecule has 0 heterocycles. The summed E-state index contributed by atoms with van der Waals surface area (Å²) in [6, 6.07) is 0.140. The van der Waals surface area contributed by atoms with Crippen molar-refractivity contribution < 1.29 is 14.3 Å². The highest BCUT2D eigenvalue weighted by Crippen LogP contribution is 2.40. The van der Waals surface area contributed by atoms with E-state index < -0.39 is 11.8 Å². The fourth-order valence-corrected chi connectivity index (χ4v) is 3.06. The third-order valence-electron chi connectivity index (χ3n) is 5.10. The number of ether oxygens (including phenoxy) is 1. The molecule has 1 rings (SSSR count). The van der Waals surface area contributed by atoms with Gasteiger partial charge in [0, 0.05) is 26.3 Å². The van der Waals surface area contributed by atoms with Gasteiger partial charge in [-0.05, 0) is 43.4 Å². The minimum absolute atomic E-state index is 0.140. The van der Waals surface area contributed by atoms with Crippen molar-refractivity contribution >= 4 is 11.8 Å². The number of methoxy groups -OCH3 is 1. The molecule has 0 aromatic heterocycles. The van der Waals surface area contributed by atoms with Gasteiger partial charge in [0.2, 0.25) is 0 Å². The molecule has 0 aromatic rings. The Kier molecular flexibility index (Phi) is 7.87. The van der Waals surface area contributed by atoms with Crippen molar-refractivity contribution in [2.24, 2.45) is 11.3 Å². The zero-order valence-electron chi connectivity index (χ0n) is 14.5. The third-order valence-corrected chi connectivity index (χ3v) is 5.10. The number of rotatable bonds is 7. The maximum atomic E-state index is 11.9. The van der Waals surface area contributed by atoms with Crippen molar-refractivity contribution in [1.29, 1.82) is 0 Å². The Morgan fingerprint density at radius 3 is 2.32 bits per heavy atom. The average molecular weight is 312 g/mol. The minimum atomic E-state index is -0.535. The number of carbonyl (C=O) groups excluding carboxylic acids is 2. The molecular formula is C17H32N2O3. The van der Waals surface area contributed by atoms with E-state index in [1.165, 1.54) is 6.42 Å². The minimum Gasteiger partial charge on any atom is -0.385 e. The molecule has 1 saturated carbocycles. The van der Waals surface area contributed by atoms with E-state index in [2.05, 4.69) is 31.4 Å². The van der Waals surface area contributed by atoms with Gasteiger partial charge in [0.15, 0.2) is 0 Å². The fourth-order valence-electron chi connectivity index (χ4n) is 3.06. The SMILES string of the molecule is CCC(C)(C)C1CCC(NC(=O)C(=O)NCCCOC)CC1. The Morgan fingerprint density at radius 1 is 1.14 bits per heavy atom. The molecule has 0 atom stereocenters. The summed E-state index contributed by atoms with van der Waals surface area (Å²) in [7, 11) is 1.62. The normalized spacial score (nSPS) is 22.2. The number of hydrogen-bond donors (Lipinski definition) is 2. The van der Waals surface area contributed by atoms with Crippen LogP contribution in [0.3, 0.4) is 0 Å². The molecule has 2 amide bonds. The van der Waals surface area contributed by atoms with E-state index in [4.69, 9.17) is 4.74 Å². The molecule has 0 radical (unpaired) electrons. The highest BCUT2D eigenvalue weighted by Gasteiger charge is 2.32. The van der Waals surface area contributed by atoms with Gasteiger partial charge < -0.3 is 15.4 Å². The Labute approximate surface area is 134 Å². The summed E-state index contributed by atoms with van der Waals surface area (Å²) in [6.45, 7) is 7.94. The van der Waals surface area contributed by atoms with Gasteiger partial charge in [-0.15, -0.1) is 0 Å². The first-order chi connectivity index (χ1) is 10.4. The smallest absolute Gasteiger partial charge is 0.309 e. The molecule has 0 aliphatic heterocycles. The standard InChI is InChI=1S/C17H32N2O3/c1-5-17(2,3)13-7-9-14(10-8-13)19-16(21)15(20)18-11-6-12-22-4/h13-14H,5-12H2,1-4H3,(H,18,20)(H,19,21). The summed E-state index contributed by atoms with van der Waals surface area (Å²) < 4.78 is 4.90. The van der Waals surface area contributed by atoms with Crippen LogP contribution in [0.2, 0.25) is 0 Å². The van der Waals surface area contributed by atoms with Gasteiger partial charge in [0.1, 0.15) is 0 Å². The first-order valence-corrected chi connectivity index (χ1v) is 8.48. The van der Waals surface area contributed by atoms with Gasteiger partial charge in [-0.3, -0.25) is 9.59 Å². The summed E-state index contributed by atoms with van der Waals surface area (Å²) in [6.07, 6.45) is 6.08. The van der Waals surface area contributed by atoms with Crippen LogP contribution in [0.5, 0.6) is 0 Å². The highest BCUT2D eigenvalue weighted by atomic mass is 16.5. The van der Waals surface area contributed by atoms with Crippen LogP contribution in [-0.2, 0) is 14.3 Å². The predicted molar refractivity (Wildman–Crippen MR) is 87.5 cm³/mol. The third kappa shape index (κ3) is 5.95. The van der Waals surface area contributed by atoms with E-state index in [0.29, 0.717) is 30.9 Å². The zero-order chi connectivity index (χ0) is 16.6. The molecule has 1 aliphatic rings. The topological polar surface area (TPSA) is 67.4 Å². The largest absolute Gasteiger partial charge is 0.385 e. The van der Waals surface area contributed by atoms with Crippen LogP contribution >= 0.6 is 0 Å². The van der Waals surface area contributed by atoms with Crippen molar-refractivity contribution in [3.05, 3.63) is 0 Å². The number of carbonyl (C=O) groups is 2. The lowest BCUT2D eigenvalue weighted by atomic mass is 9.69. The molecule has 0 unspecified atom stereocenters. The molecule has 0 spiro atoms. The first-order valence-electron chi connectivity index (χ1n) is 8.48. The van der Waals surface area contributed by atoms with Crippen molar-refractivity contribution in [3.8, 4) is 0 Å². The quantitative estimate of drug-likeness (QED) is 0.560. The number of hydrogen-bond acceptors (Lipinski definition) is 3. The van der Waals surface area contributed by atoms with Crippen molar-refractivity contribution in [2.75, 3.05) is 20.3 Å². The van der Waals surface area contributed by atoms with Gasteiger partial charge in [0.05, 0.1) is 0 Å². The van der Waals surface area contributed by atoms with Gasteiger partial charge in [0.25, 0.3) is 0 Å². The van der Waals surface area contributed by atoms with Crippen LogP contribution < -0.4 is 10.6 Å². The fraction of sp³-hybridized carbons (Fsp3) is 0.882. The van der Waals surface area contributed by atoms with E-state index in [9.17, 15) is 9.59 Å². The highest BCUT2D eigenvalue weighted by molar-refractivity contribution is 6.35. The number of amides is 2. The van der Waals surface area contributed by atoms with Gasteiger partial charge in [-0.2, -0.15) is 0 Å². The lowest BCUT2D eigenvalue weighted by Gasteiger charge is -2.39. The Morgan fingerprint density at radius 2 is 1.77 bits per heavy atom. The summed E-state index contributed by atoms with van der Waals surface area (Å²) >= 11 is 0. The van der Waals surface area contributed by atoms with Gasteiger partial charge in [-0.25, -0.2) is 0 Å². The second-order valence-electron chi connectivity index (χ2n) is 6.97. The molecule has 0 bridgehead atoms. The Hall–Kier alpha value is -1.10. The first kappa shape index (κ1) is 18.9. The van der Waals surface area contributed by atoms with E-state index in [1.54, 1.807) is 7.11 Å². The van der Waals surface area contributed by atoms with E-state index in [0.717, 1.165) is 25.7 Å². The molecule has 5 heteroatoms. The van der Waals surface area contributed by atoms with Crippen LogP contribution in [0, 0.1) is 11.3 Å². The van der Waals surface area contributed by atoms with Crippen molar-refractivity contribution in [3.63, 3.8) is 0 Å². The summed E-state index contributed by atoms with van der Waals surface area (Å²) in [5.41, 5.74) is 0.369. The molecule has 1 fully saturated rings. The molecule has 1 aliphatic carbocycles. The van der Waals surface area contributed by atoms with Crippen LogP contribution in [0.25, 0.3) is 0 Å². The summed E-state index contributed by atoms with van der Waals surface area (Å²) in [5.74, 6) is -0.323. The molecule has 22 heavy (non-hydrogen) atoms. The maximum absolute atomic E-state index is 11.9. The van der Waals surface area contributed by atoms with Gasteiger partial charge >= 0.3 is 11.8 Å². The lowest BCUT2D eigenvalue weighted by molar-refractivity contribution is -0.139. The lowest BCUT2D eigenvalue weighted by Crippen LogP contribution is -2.46. The summed E-state index contributed by atoms with van der Waals surface area (Å²) in [5, 5.41) is 5.49. The Bertz CT molecular complexity index is 361. The predicted octanol–water partition coefficient (Wildman–Crippen LogP) is 2.25. The van der Waals surface area contributed by atoms with E-state index >= 15 is 0 Å². The molecular weight excluding hydrogens is 280 g/mol. The summed E-state index contributed by atoms with van der Waals surface area (Å²) in [4.78, 5) is 23.5. The molecule has 0 aromatic carbocycles. The maximum Gasteiger partial charge on any atom is 0.309 e. The average Bonchev–Trinajstić information content (AvgIpc) is 2.51. The Balaban J connectivity index is 2.28. The van der Waals surface area contributed by atoms with Crippen molar-refractivity contribution in [2.45, 2.75) is 65.3 Å². The number of nitrogens with one attached hydrogen (secondary N) is 2. The van der Waals surface area contributed by atoms with E-state index in [1.807, 2.05) is 0 Å². The monoisotopic (exact) mass is 312 g/mol. The zero-order valence-corrected chi connectivity index (χ0v) is 14.5. The van der Waals surface area contributed by atoms with Crippen LogP contribution in [0.4, 0.5) is 0 Å². The second kappa shape index (κ2) is 9.13. The molecule has 5 nitrogen and oxygen atoms in total. The van der Waals surface area contributed by atoms with Crippen LogP contribution in [-0.4, -0.2) is 38.1 Å². The van der Waals surface area contributed by atoms with Crippen molar-refractivity contribution in [1.82, 2.24) is 10.6 Å². The molecule has 2 N–H and O–H groups in total. The van der Waals surface area contributed by atoms with Gasteiger partial charge in [-0.1, -0.05) is 27.2 Å².